The largest absolute Gasteiger partial charge is 0.294 e. The van der Waals surface area contributed by atoms with Crippen LogP contribution in [0.1, 0.15) is 16.8 Å². The summed E-state index contributed by atoms with van der Waals surface area (Å²) in [7, 11) is -3.40. The van der Waals surface area contributed by atoms with Crippen LogP contribution < -0.4 is 0 Å². The molecule has 0 aromatic carbocycles. The van der Waals surface area contributed by atoms with Crippen LogP contribution >= 0.6 is 0 Å². The normalized spacial score (nSPS) is 15.5. The summed E-state index contributed by atoms with van der Waals surface area (Å²) in [4.78, 5) is 13.7. The summed E-state index contributed by atoms with van der Waals surface area (Å²) in [5.74, 6) is -0.461. The summed E-state index contributed by atoms with van der Waals surface area (Å²) in [6.07, 6.45) is 4.67. The van der Waals surface area contributed by atoms with Crippen molar-refractivity contribution >= 4 is 9.84 Å². The summed E-state index contributed by atoms with van der Waals surface area (Å²) in [6.45, 7) is 1.70. The van der Waals surface area contributed by atoms with E-state index in [4.69, 9.17) is 0 Å². The van der Waals surface area contributed by atoms with Gasteiger partial charge >= 0.3 is 0 Å². The van der Waals surface area contributed by atoms with Gasteiger partial charge in [0.2, 0.25) is 20.9 Å². The van der Waals surface area contributed by atoms with Crippen LogP contribution in [0, 0.1) is 5.95 Å². The minimum atomic E-state index is -3.40. The van der Waals surface area contributed by atoms with Crippen LogP contribution in [0.15, 0.2) is 29.7 Å². The second-order valence-corrected chi connectivity index (χ2v) is 7.22. The number of hydrogen-bond acceptors (Lipinski definition) is 6. The Labute approximate surface area is 128 Å². The van der Waals surface area contributed by atoms with Gasteiger partial charge in [-0.05, 0) is 6.07 Å². The zero-order valence-electron chi connectivity index (χ0n) is 12.0. The second kappa shape index (κ2) is 5.69. The van der Waals surface area contributed by atoms with Crippen molar-refractivity contribution in [1.29, 1.82) is 0 Å². The van der Waals surface area contributed by atoms with Crippen molar-refractivity contribution in [1.82, 2.24) is 19.9 Å². The molecule has 2 aromatic rings. The van der Waals surface area contributed by atoms with Gasteiger partial charge in [-0.2, -0.15) is 4.39 Å². The summed E-state index contributed by atoms with van der Waals surface area (Å²) >= 11 is 0. The molecular weight excluding hydrogens is 307 g/mol. The number of pyridine rings is 1. The third-order valence-electron chi connectivity index (χ3n) is 3.55. The smallest absolute Gasteiger partial charge is 0.246 e. The van der Waals surface area contributed by atoms with E-state index < -0.39 is 15.8 Å². The van der Waals surface area contributed by atoms with E-state index in [0.717, 1.165) is 17.5 Å². The molecule has 0 fully saturated rings. The van der Waals surface area contributed by atoms with Crippen LogP contribution in [0.4, 0.5) is 4.39 Å². The zero-order valence-corrected chi connectivity index (χ0v) is 12.8. The molecule has 0 spiro atoms. The second-order valence-electron chi connectivity index (χ2n) is 5.31. The van der Waals surface area contributed by atoms with Crippen LogP contribution in [0.5, 0.6) is 0 Å². The van der Waals surface area contributed by atoms with Gasteiger partial charge in [0.1, 0.15) is 0 Å². The van der Waals surface area contributed by atoms with Crippen molar-refractivity contribution in [3.05, 3.63) is 47.3 Å². The molecule has 0 atom stereocenters. The monoisotopic (exact) mass is 322 g/mol. The van der Waals surface area contributed by atoms with Gasteiger partial charge in [-0.25, -0.2) is 23.4 Å². The van der Waals surface area contributed by atoms with E-state index in [2.05, 4.69) is 19.9 Å². The third kappa shape index (κ3) is 3.12. The maximum absolute atomic E-state index is 13.6. The Bertz CT molecular complexity index is 810. The van der Waals surface area contributed by atoms with E-state index >= 15 is 0 Å². The molecule has 0 saturated carbocycles. The maximum Gasteiger partial charge on any atom is 0.246 e. The molecule has 0 amide bonds. The van der Waals surface area contributed by atoms with Crippen molar-refractivity contribution < 1.29 is 12.8 Å². The molecule has 0 N–H and O–H groups in total. The zero-order chi connectivity index (χ0) is 15.7. The SMILES string of the molecule is CS(=O)(=O)c1ncc2c(n1)CCN(Cc1cccnc1F)C2. The van der Waals surface area contributed by atoms with E-state index in [1.54, 1.807) is 18.3 Å². The Kier molecular flexibility index (Phi) is 3.88. The van der Waals surface area contributed by atoms with Crippen molar-refractivity contribution in [2.75, 3.05) is 12.8 Å². The number of rotatable bonds is 3. The summed E-state index contributed by atoms with van der Waals surface area (Å²) in [5, 5.41) is -0.141. The summed E-state index contributed by atoms with van der Waals surface area (Å²) in [6, 6.07) is 3.42. The Hall–Kier alpha value is -1.93. The van der Waals surface area contributed by atoms with Crippen LogP contribution in [-0.2, 0) is 29.3 Å². The molecule has 3 heterocycles. The molecule has 6 nitrogen and oxygen atoms in total. The average Bonchev–Trinajstić information content (AvgIpc) is 2.48. The van der Waals surface area contributed by atoms with Crippen molar-refractivity contribution in [2.45, 2.75) is 24.7 Å². The fourth-order valence-corrected chi connectivity index (χ4v) is 2.97. The Morgan fingerprint density at radius 2 is 2.18 bits per heavy atom. The van der Waals surface area contributed by atoms with Crippen LogP contribution in [0.25, 0.3) is 0 Å². The highest BCUT2D eigenvalue weighted by Crippen LogP contribution is 2.20. The number of fused-ring (bicyclic) bond motifs is 1. The first kappa shape index (κ1) is 15.0. The predicted octanol–water partition coefficient (Wildman–Crippen LogP) is 0.973. The maximum atomic E-state index is 13.6. The first-order valence-corrected chi connectivity index (χ1v) is 8.69. The molecule has 0 radical (unpaired) electrons. The van der Waals surface area contributed by atoms with E-state index in [0.29, 0.717) is 31.6 Å². The molecular formula is C14H15FN4O2S. The first-order valence-electron chi connectivity index (χ1n) is 6.80. The Morgan fingerprint density at radius 3 is 2.91 bits per heavy atom. The van der Waals surface area contributed by atoms with Crippen molar-refractivity contribution in [3.8, 4) is 0 Å². The van der Waals surface area contributed by atoms with Gasteiger partial charge in [0.05, 0.1) is 5.69 Å². The molecule has 1 aliphatic rings. The lowest BCUT2D eigenvalue weighted by Crippen LogP contribution is -2.31. The van der Waals surface area contributed by atoms with Crippen molar-refractivity contribution in [2.24, 2.45) is 0 Å². The molecule has 0 unspecified atom stereocenters. The van der Waals surface area contributed by atoms with E-state index in [1.807, 2.05) is 0 Å². The minimum absolute atomic E-state index is 0.141. The quantitative estimate of drug-likeness (QED) is 0.619. The van der Waals surface area contributed by atoms with Gasteiger partial charge in [-0.15, -0.1) is 0 Å². The fourth-order valence-electron chi connectivity index (χ4n) is 2.45. The van der Waals surface area contributed by atoms with Crippen molar-refractivity contribution in [3.63, 3.8) is 0 Å². The molecule has 3 rings (SSSR count). The van der Waals surface area contributed by atoms with Gasteiger partial charge < -0.3 is 0 Å². The number of halogens is 1. The molecule has 0 aliphatic carbocycles. The number of hydrogen-bond donors (Lipinski definition) is 0. The Balaban J connectivity index is 1.79. The lowest BCUT2D eigenvalue weighted by molar-refractivity contribution is 0.238. The standard InChI is InChI=1S/C14H15FN4O2S/c1-22(20,21)14-17-7-11-9-19(6-4-12(11)18-14)8-10-3-2-5-16-13(10)15/h2-3,5,7H,4,6,8-9H2,1H3. The molecule has 8 heteroatoms. The number of aromatic nitrogens is 3. The summed E-state index contributed by atoms with van der Waals surface area (Å²) in [5.41, 5.74) is 2.17. The predicted molar refractivity (Wildman–Crippen MR) is 77.2 cm³/mol. The van der Waals surface area contributed by atoms with Gasteiger partial charge in [-0.3, -0.25) is 4.90 Å². The highest BCUT2D eigenvalue weighted by Gasteiger charge is 2.21. The van der Waals surface area contributed by atoms with Gasteiger partial charge in [0, 0.05) is 55.8 Å². The fraction of sp³-hybridized carbons (Fsp3) is 0.357. The van der Waals surface area contributed by atoms with Crippen LogP contribution in [0.2, 0.25) is 0 Å². The van der Waals surface area contributed by atoms with Crippen LogP contribution in [0.3, 0.4) is 0 Å². The van der Waals surface area contributed by atoms with Crippen LogP contribution in [-0.4, -0.2) is 41.1 Å². The van der Waals surface area contributed by atoms with E-state index in [1.165, 1.54) is 6.20 Å². The molecule has 2 aromatic heterocycles. The molecule has 0 bridgehead atoms. The molecule has 1 aliphatic heterocycles. The Morgan fingerprint density at radius 1 is 1.36 bits per heavy atom. The first-order chi connectivity index (χ1) is 10.4. The molecule has 116 valence electrons. The van der Waals surface area contributed by atoms with Gasteiger partial charge in [0.15, 0.2) is 0 Å². The highest BCUT2D eigenvalue weighted by molar-refractivity contribution is 7.90. The molecule has 22 heavy (non-hydrogen) atoms. The average molecular weight is 322 g/mol. The number of nitrogens with zero attached hydrogens (tertiary/aromatic N) is 4. The highest BCUT2D eigenvalue weighted by atomic mass is 32.2. The topological polar surface area (TPSA) is 76.1 Å². The third-order valence-corrected chi connectivity index (χ3v) is 4.41. The van der Waals surface area contributed by atoms with Gasteiger partial charge in [-0.1, -0.05) is 6.07 Å². The summed E-state index contributed by atoms with van der Waals surface area (Å²) < 4.78 is 36.6. The van der Waals surface area contributed by atoms with E-state index in [9.17, 15) is 12.8 Å². The van der Waals surface area contributed by atoms with Gasteiger partial charge in [0.25, 0.3) is 0 Å². The lowest BCUT2D eigenvalue weighted by Gasteiger charge is -2.27. The van der Waals surface area contributed by atoms with E-state index in [-0.39, 0.29) is 5.16 Å². The lowest BCUT2D eigenvalue weighted by atomic mass is 10.1. The number of sulfone groups is 1. The minimum Gasteiger partial charge on any atom is -0.294 e. The molecule has 0 saturated heterocycles.